The fourth-order valence-corrected chi connectivity index (χ4v) is 3.39. The zero-order chi connectivity index (χ0) is 20.7. The molecule has 1 aromatic rings. The van der Waals surface area contributed by atoms with Crippen molar-refractivity contribution in [1.29, 1.82) is 0 Å². The Bertz CT molecular complexity index is 740. The van der Waals surface area contributed by atoms with Gasteiger partial charge in [0.2, 0.25) is 5.75 Å². The summed E-state index contributed by atoms with van der Waals surface area (Å²) in [5.41, 5.74) is 1.38. The molecule has 0 radical (unpaired) electrons. The van der Waals surface area contributed by atoms with E-state index in [0.717, 1.165) is 5.75 Å². The topological polar surface area (TPSA) is 95.1 Å². The minimum atomic E-state index is -0.714. The molecule has 2 N–H and O–H groups in total. The number of thioether (sulfide) groups is 1. The van der Waals surface area contributed by atoms with Crippen LogP contribution >= 0.6 is 11.8 Å². The number of methoxy groups -OCH3 is 3. The van der Waals surface area contributed by atoms with Crippen molar-refractivity contribution in [3.63, 3.8) is 0 Å². The van der Waals surface area contributed by atoms with Crippen molar-refractivity contribution in [3.05, 3.63) is 29.0 Å². The molecule has 1 atom stereocenters. The van der Waals surface area contributed by atoms with Crippen LogP contribution < -0.4 is 24.8 Å². The molecule has 1 aromatic carbocycles. The van der Waals surface area contributed by atoms with Gasteiger partial charge in [-0.25, -0.2) is 9.59 Å². The summed E-state index contributed by atoms with van der Waals surface area (Å²) >= 11 is 1.68. The Balaban J connectivity index is 2.41. The summed E-state index contributed by atoms with van der Waals surface area (Å²) in [5, 5.41) is 5.40. The average molecular weight is 410 g/mol. The zero-order valence-corrected chi connectivity index (χ0v) is 17.5. The third kappa shape index (κ3) is 4.83. The van der Waals surface area contributed by atoms with Gasteiger partial charge >= 0.3 is 12.0 Å². The Morgan fingerprint density at radius 1 is 1.14 bits per heavy atom. The van der Waals surface area contributed by atoms with Gasteiger partial charge in [-0.2, -0.15) is 11.8 Å². The van der Waals surface area contributed by atoms with E-state index in [1.807, 2.05) is 6.92 Å². The molecule has 0 saturated heterocycles. The highest BCUT2D eigenvalue weighted by Gasteiger charge is 2.33. The SMILES string of the molecule is CCSCCOC(=O)C1=C(C)NC(=O)N[C@@H]1c1cc(OC)c(OC)c(OC)c1. The van der Waals surface area contributed by atoms with Crippen molar-refractivity contribution >= 4 is 23.8 Å². The zero-order valence-electron chi connectivity index (χ0n) is 16.7. The minimum absolute atomic E-state index is 0.296. The Hall–Kier alpha value is -2.55. The quantitative estimate of drug-likeness (QED) is 0.477. The summed E-state index contributed by atoms with van der Waals surface area (Å²) in [6, 6.07) is 2.28. The van der Waals surface area contributed by atoms with Crippen molar-refractivity contribution in [3.8, 4) is 17.2 Å². The largest absolute Gasteiger partial charge is 0.493 e. The molecule has 0 fully saturated rings. The summed E-state index contributed by atoms with van der Waals surface area (Å²) in [6.07, 6.45) is 0. The van der Waals surface area contributed by atoms with Crippen LogP contribution in [0.15, 0.2) is 23.4 Å². The van der Waals surface area contributed by atoms with Gasteiger partial charge in [0, 0.05) is 11.4 Å². The molecular formula is C19H26N2O6S. The van der Waals surface area contributed by atoms with Crippen molar-refractivity contribution in [2.45, 2.75) is 19.9 Å². The first-order valence-electron chi connectivity index (χ1n) is 8.79. The van der Waals surface area contributed by atoms with Gasteiger partial charge in [0.25, 0.3) is 0 Å². The smallest absolute Gasteiger partial charge is 0.338 e. The molecule has 154 valence electrons. The molecule has 0 unspecified atom stereocenters. The van der Waals surface area contributed by atoms with Gasteiger partial charge in [-0.1, -0.05) is 6.92 Å². The number of esters is 1. The maximum absolute atomic E-state index is 12.7. The van der Waals surface area contributed by atoms with Gasteiger partial charge in [-0.05, 0) is 30.4 Å². The van der Waals surface area contributed by atoms with Crippen LogP contribution in [0.25, 0.3) is 0 Å². The fraction of sp³-hybridized carbons (Fsp3) is 0.474. The van der Waals surface area contributed by atoms with Gasteiger partial charge in [-0.15, -0.1) is 0 Å². The molecule has 9 heteroatoms. The lowest BCUT2D eigenvalue weighted by atomic mass is 9.95. The van der Waals surface area contributed by atoms with E-state index in [2.05, 4.69) is 10.6 Å². The minimum Gasteiger partial charge on any atom is -0.493 e. The third-order valence-electron chi connectivity index (χ3n) is 4.17. The molecule has 28 heavy (non-hydrogen) atoms. The average Bonchev–Trinajstić information content (AvgIpc) is 2.69. The number of carbonyl (C=O) groups is 2. The third-order valence-corrected chi connectivity index (χ3v) is 5.04. The molecule has 0 saturated carbocycles. The summed E-state index contributed by atoms with van der Waals surface area (Å²) in [5.74, 6) is 2.45. The van der Waals surface area contributed by atoms with Gasteiger partial charge in [0.15, 0.2) is 11.5 Å². The standard InChI is InChI=1S/C19H26N2O6S/c1-6-28-8-7-27-18(22)15-11(2)20-19(23)21-16(15)12-9-13(24-3)17(26-5)14(10-12)25-4/h9-10,16H,6-8H2,1-5H3,(H2,20,21,23)/t16-/m1/s1. The van der Waals surface area contributed by atoms with E-state index in [-0.39, 0.29) is 0 Å². The predicted molar refractivity (Wildman–Crippen MR) is 107 cm³/mol. The first-order chi connectivity index (χ1) is 13.5. The maximum atomic E-state index is 12.7. The van der Waals surface area contributed by atoms with Crippen LogP contribution in [-0.2, 0) is 9.53 Å². The maximum Gasteiger partial charge on any atom is 0.338 e. The number of allylic oxidation sites excluding steroid dienone is 1. The van der Waals surface area contributed by atoms with E-state index in [1.165, 1.54) is 21.3 Å². The number of urea groups is 1. The first-order valence-corrected chi connectivity index (χ1v) is 9.95. The van der Waals surface area contributed by atoms with E-state index in [1.54, 1.807) is 30.8 Å². The van der Waals surface area contributed by atoms with Gasteiger partial charge < -0.3 is 29.6 Å². The number of amides is 2. The molecule has 0 bridgehead atoms. The van der Waals surface area contributed by atoms with Crippen LogP contribution in [0, 0.1) is 0 Å². The van der Waals surface area contributed by atoms with E-state index < -0.39 is 18.0 Å². The van der Waals surface area contributed by atoms with Crippen LogP contribution in [0.3, 0.4) is 0 Å². The van der Waals surface area contributed by atoms with Crippen molar-refractivity contribution in [2.24, 2.45) is 0 Å². The highest BCUT2D eigenvalue weighted by Crippen LogP contribution is 2.41. The van der Waals surface area contributed by atoms with Gasteiger partial charge in [0.05, 0.1) is 32.9 Å². The summed E-state index contributed by atoms with van der Waals surface area (Å²) in [6.45, 7) is 4.01. The van der Waals surface area contributed by atoms with Crippen LogP contribution in [0.4, 0.5) is 4.79 Å². The number of benzene rings is 1. The highest BCUT2D eigenvalue weighted by atomic mass is 32.2. The molecule has 8 nitrogen and oxygen atoms in total. The summed E-state index contributed by atoms with van der Waals surface area (Å²) < 4.78 is 21.5. The van der Waals surface area contributed by atoms with E-state index in [4.69, 9.17) is 18.9 Å². The van der Waals surface area contributed by atoms with Crippen molar-refractivity contribution in [1.82, 2.24) is 10.6 Å². The lowest BCUT2D eigenvalue weighted by Gasteiger charge is -2.29. The second kappa shape index (κ2) is 10.1. The van der Waals surface area contributed by atoms with Crippen LogP contribution in [0.1, 0.15) is 25.5 Å². The molecule has 1 aliphatic rings. The van der Waals surface area contributed by atoms with E-state index >= 15 is 0 Å². The Morgan fingerprint density at radius 3 is 2.32 bits per heavy atom. The molecule has 1 heterocycles. The molecule has 2 rings (SSSR count). The lowest BCUT2D eigenvalue weighted by molar-refractivity contribution is -0.138. The number of carbonyl (C=O) groups excluding carboxylic acids is 2. The molecule has 2 amide bonds. The van der Waals surface area contributed by atoms with Crippen molar-refractivity contribution in [2.75, 3.05) is 39.4 Å². The van der Waals surface area contributed by atoms with Crippen LogP contribution in [0.5, 0.6) is 17.2 Å². The summed E-state index contributed by atoms with van der Waals surface area (Å²) in [4.78, 5) is 24.8. The Morgan fingerprint density at radius 2 is 1.79 bits per heavy atom. The molecular weight excluding hydrogens is 384 g/mol. The molecule has 0 spiro atoms. The number of rotatable bonds is 9. The fourth-order valence-electron chi connectivity index (χ4n) is 2.90. The second-order valence-electron chi connectivity index (χ2n) is 5.86. The number of hydrogen-bond acceptors (Lipinski definition) is 7. The van der Waals surface area contributed by atoms with Crippen molar-refractivity contribution < 1.29 is 28.5 Å². The highest BCUT2D eigenvalue weighted by molar-refractivity contribution is 7.99. The first kappa shape index (κ1) is 21.7. The monoisotopic (exact) mass is 410 g/mol. The van der Waals surface area contributed by atoms with E-state index in [9.17, 15) is 9.59 Å². The Labute approximate surface area is 168 Å². The normalized spacial score (nSPS) is 16.2. The van der Waals surface area contributed by atoms with Crippen LogP contribution in [0.2, 0.25) is 0 Å². The van der Waals surface area contributed by atoms with Gasteiger partial charge in [0.1, 0.15) is 6.61 Å². The Kier molecular flexibility index (Phi) is 7.86. The van der Waals surface area contributed by atoms with Gasteiger partial charge in [-0.3, -0.25) is 0 Å². The second-order valence-corrected chi connectivity index (χ2v) is 7.26. The summed E-state index contributed by atoms with van der Waals surface area (Å²) in [7, 11) is 4.51. The number of ether oxygens (including phenoxy) is 4. The lowest BCUT2D eigenvalue weighted by Crippen LogP contribution is -2.45. The molecule has 0 aromatic heterocycles. The number of hydrogen-bond donors (Lipinski definition) is 2. The number of nitrogens with one attached hydrogen (secondary N) is 2. The predicted octanol–water partition coefficient (Wildman–Crippen LogP) is 2.64. The molecule has 1 aliphatic heterocycles. The molecule has 0 aliphatic carbocycles. The van der Waals surface area contributed by atoms with E-state index in [0.29, 0.717) is 46.4 Å². The van der Waals surface area contributed by atoms with Crippen LogP contribution in [-0.4, -0.2) is 51.4 Å².